The van der Waals surface area contributed by atoms with Crippen LogP contribution in [0.4, 0.5) is 0 Å². The van der Waals surface area contributed by atoms with Gasteiger partial charge in [0, 0.05) is 19.6 Å². The highest BCUT2D eigenvalue weighted by molar-refractivity contribution is 5.84. The fraction of sp³-hybridized carbons (Fsp3) is 0.417. The van der Waals surface area contributed by atoms with Gasteiger partial charge in [-0.05, 0) is 55.2 Å². The molecule has 1 heterocycles. The molecule has 1 saturated heterocycles. The summed E-state index contributed by atoms with van der Waals surface area (Å²) in [6.45, 7) is 3.49. The summed E-state index contributed by atoms with van der Waals surface area (Å²) in [7, 11) is 3.24. The van der Waals surface area contributed by atoms with E-state index in [1.165, 1.54) is 0 Å². The molecule has 1 N–H and O–H groups in total. The van der Waals surface area contributed by atoms with E-state index in [4.69, 9.17) is 9.47 Å². The molecule has 160 valence electrons. The molecule has 1 atom stereocenters. The summed E-state index contributed by atoms with van der Waals surface area (Å²) in [4.78, 5) is 27.6. The van der Waals surface area contributed by atoms with Gasteiger partial charge in [-0.2, -0.15) is 0 Å². The zero-order chi connectivity index (χ0) is 21.6. The minimum Gasteiger partial charge on any atom is -0.497 e. The van der Waals surface area contributed by atoms with Gasteiger partial charge in [0.25, 0.3) is 0 Å². The molecule has 2 aromatic carbocycles. The Bertz CT molecular complexity index is 898. The Morgan fingerprint density at radius 3 is 2.33 bits per heavy atom. The summed E-state index contributed by atoms with van der Waals surface area (Å²) in [6.07, 6.45) is 1.88. The average molecular weight is 411 g/mol. The van der Waals surface area contributed by atoms with Crippen LogP contribution in [0.2, 0.25) is 0 Å². The van der Waals surface area contributed by atoms with Crippen molar-refractivity contribution in [3.63, 3.8) is 0 Å². The number of methoxy groups -OCH3 is 2. The van der Waals surface area contributed by atoms with Crippen molar-refractivity contribution in [3.8, 4) is 11.5 Å². The van der Waals surface area contributed by atoms with Crippen molar-refractivity contribution >= 4 is 11.8 Å². The van der Waals surface area contributed by atoms with Crippen LogP contribution in [0.5, 0.6) is 11.5 Å². The second-order valence-corrected chi connectivity index (χ2v) is 8.04. The van der Waals surface area contributed by atoms with Gasteiger partial charge in [0.2, 0.25) is 11.8 Å². The van der Waals surface area contributed by atoms with Gasteiger partial charge < -0.3 is 19.7 Å². The van der Waals surface area contributed by atoms with E-state index in [0.29, 0.717) is 26.1 Å². The summed E-state index contributed by atoms with van der Waals surface area (Å²) in [5.74, 6) is 1.51. The van der Waals surface area contributed by atoms with E-state index in [0.717, 1.165) is 35.5 Å². The van der Waals surface area contributed by atoms with Crippen LogP contribution in [0, 0.1) is 5.41 Å². The Morgan fingerprint density at radius 2 is 1.67 bits per heavy atom. The third-order valence-electron chi connectivity index (χ3n) is 5.67. The molecule has 0 bridgehead atoms. The third kappa shape index (κ3) is 5.32. The summed E-state index contributed by atoms with van der Waals surface area (Å²) in [5, 5.41) is 3.04. The van der Waals surface area contributed by atoms with Crippen LogP contribution >= 0.6 is 0 Å². The summed E-state index contributed by atoms with van der Waals surface area (Å²) >= 11 is 0. The molecular weight excluding hydrogens is 380 g/mol. The van der Waals surface area contributed by atoms with Gasteiger partial charge in [0.05, 0.1) is 26.1 Å². The van der Waals surface area contributed by atoms with Crippen molar-refractivity contribution in [3.05, 3.63) is 59.7 Å². The van der Waals surface area contributed by atoms with Crippen LogP contribution in [-0.4, -0.2) is 44.0 Å². The van der Waals surface area contributed by atoms with E-state index in [2.05, 4.69) is 5.32 Å². The number of amides is 2. The first-order valence-corrected chi connectivity index (χ1v) is 10.3. The quantitative estimate of drug-likeness (QED) is 0.761. The van der Waals surface area contributed by atoms with Crippen molar-refractivity contribution < 1.29 is 19.1 Å². The molecule has 2 aromatic rings. The predicted molar refractivity (Wildman–Crippen MR) is 115 cm³/mol. The van der Waals surface area contributed by atoms with Crippen LogP contribution in [0.3, 0.4) is 0 Å². The number of nitrogens with zero attached hydrogens (tertiary/aromatic N) is 1. The van der Waals surface area contributed by atoms with Gasteiger partial charge in [-0.15, -0.1) is 0 Å². The van der Waals surface area contributed by atoms with Gasteiger partial charge in [-0.25, -0.2) is 0 Å². The average Bonchev–Trinajstić information content (AvgIpc) is 2.77. The van der Waals surface area contributed by atoms with Crippen LogP contribution < -0.4 is 14.8 Å². The molecule has 1 fully saturated rings. The minimum absolute atomic E-state index is 0.0239. The van der Waals surface area contributed by atoms with Crippen LogP contribution in [0.25, 0.3) is 0 Å². The Labute approximate surface area is 178 Å². The molecule has 2 amide bonds. The molecule has 6 heteroatoms. The molecule has 30 heavy (non-hydrogen) atoms. The zero-order valence-electron chi connectivity index (χ0n) is 17.9. The maximum Gasteiger partial charge on any atom is 0.227 e. The lowest BCUT2D eigenvalue weighted by Crippen LogP contribution is -2.52. The zero-order valence-corrected chi connectivity index (χ0v) is 17.9. The number of hydrogen-bond acceptors (Lipinski definition) is 4. The van der Waals surface area contributed by atoms with Gasteiger partial charge >= 0.3 is 0 Å². The van der Waals surface area contributed by atoms with E-state index in [-0.39, 0.29) is 11.8 Å². The van der Waals surface area contributed by atoms with Crippen molar-refractivity contribution in [2.45, 2.75) is 32.7 Å². The molecule has 1 aliphatic heterocycles. The number of carbonyl (C=O) groups excluding carboxylic acids is 2. The van der Waals surface area contributed by atoms with E-state index in [1.807, 2.05) is 60.4 Å². The van der Waals surface area contributed by atoms with Crippen LogP contribution in [0.1, 0.15) is 30.9 Å². The highest BCUT2D eigenvalue weighted by atomic mass is 16.5. The predicted octanol–water partition coefficient (Wildman–Crippen LogP) is 3.19. The molecular formula is C24H30N2O4. The monoisotopic (exact) mass is 410 g/mol. The smallest absolute Gasteiger partial charge is 0.227 e. The molecule has 1 aliphatic rings. The molecule has 3 rings (SSSR count). The summed E-state index contributed by atoms with van der Waals surface area (Å²) in [6, 6.07) is 15.2. The number of nitrogens with one attached hydrogen (secondary N) is 1. The Morgan fingerprint density at radius 1 is 1.03 bits per heavy atom. The lowest BCUT2D eigenvalue weighted by atomic mass is 9.80. The van der Waals surface area contributed by atoms with Crippen LogP contribution in [-0.2, 0) is 22.6 Å². The lowest BCUT2D eigenvalue weighted by Gasteiger charge is -2.39. The number of likely N-dealkylation sites (tertiary alicyclic amines) is 1. The minimum atomic E-state index is -0.596. The van der Waals surface area contributed by atoms with E-state index < -0.39 is 5.41 Å². The van der Waals surface area contributed by atoms with Gasteiger partial charge in [-0.1, -0.05) is 24.3 Å². The Hall–Kier alpha value is -3.02. The van der Waals surface area contributed by atoms with Gasteiger partial charge in [-0.3, -0.25) is 9.59 Å². The van der Waals surface area contributed by atoms with Crippen molar-refractivity contribution in [1.82, 2.24) is 10.2 Å². The maximum absolute atomic E-state index is 13.0. The summed E-state index contributed by atoms with van der Waals surface area (Å²) < 4.78 is 10.5. The Balaban J connectivity index is 1.59. The first-order chi connectivity index (χ1) is 14.4. The second kappa shape index (κ2) is 9.65. The number of ether oxygens (including phenoxy) is 2. The topological polar surface area (TPSA) is 67.9 Å². The van der Waals surface area contributed by atoms with E-state index in [9.17, 15) is 9.59 Å². The van der Waals surface area contributed by atoms with Crippen molar-refractivity contribution in [1.29, 1.82) is 0 Å². The molecule has 0 radical (unpaired) electrons. The third-order valence-corrected chi connectivity index (χ3v) is 5.67. The number of carbonyl (C=O) groups is 2. The molecule has 0 saturated carbocycles. The van der Waals surface area contributed by atoms with E-state index in [1.54, 1.807) is 14.2 Å². The maximum atomic E-state index is 13.0. The van der Waals surface area contributed by atoms with E-state index >= 15 is 0 Å². The van der Waals surface area contributed by atoms with Gasteiger partial charge in [0.15, 0.2) is 0 Å². The molecule has 0 spiro atoms. The molecule has 0 aliphatic carbocycles. The van der Waals surface area contributed by atoms with Gasteiger partial charge in [0.1, 0.15) is 11.5 Å². The SMILES string of the molecule is COc1cccc(CNC(=O)[C@@]2(C)CCCN(C(=O)Cc3cccc(OC)c3)C2)c1. The Kier molecular flexibility index (Phi) is 6.98. The number of benzene rings is 2. The second-order valence-electron chi connectivity index (χ2n) is 8.04. The standard InChI is InChI=1S/C24H30N2O4/c1-24(23(28)25-16-19-8-5-10-21(14-19)30-3)11-6-12-26(17-24)22(27)15-18-7-4-9-20(13-18)29-2/h4-5,7-10,13-14H,6,11-12,15-17H2,1-3H3,(H,25,28)/t24-/m0/s1. The van der Waals surface area contributed by atoms with Crippen molar-refractivity contribution in [2.24, 2.45) is 5.41 Å². The molecule has 0 aromatic heterocycles. The fourth-order valence-corrected chi connectivity index (χ4v) is 3.88. The highest BCUT2D eigenvalue weighted by Crippen LogP contribution is 2.30. The number of piperidine rings is 1. The van der Waals surface area contributed by atoms with Crippen molar-refractivity contribution in [2.75, 3.05) is 27.3 Å². The highest BCUT2D eigenvalue weighted by Gasteiger charge is 2.39. The number of rotatable bonds is 7. The summed E-state index contributed by atoms with van der Waals surface area (Å²) in [5.41, 5.74) is 1.29. The lowest BCUT2D eigenvalue weighted by molar-refractivity contribution is -0.140. The fourth-order valence-electron chi connectivity index (χ4n) is 3.88. The molecule has 6 nitrogen and oxygen atoms in total. The molecule has 0 unspecified atom stereocenters. The number of hydrogen-bond donors (Lipinski definition) is 1. The van der Waals surface area contributed by atoms with Crippen LogP contribution in [0.15, 0.2) is 48.5 Å². The first-order valence-electron chi connectivity index (χ1n) is 10.3. The first kappa shape index (κ1) is 21.7. The normalized spacial score (nSPS) is 18.6. The largest absolute Gasteiger partial charge is 0.497 e.